The van der Waals surface area contributed by atoms with Crippen LogP contribution in [0.25, 0.3) is 0 Å². The lowest BCUT2D eigenvalue weighted by molar-refractivity contribution is -0.190. The maximum Gasteiger partial charge on any atom is 0.408 e. The molecule has 13 nitrogen and oxygen atoms in total. The van der Waals surface area contributed by atoms with E-state index >= 15 is 0 Å². The smallest absolute Gasteiger partial charge is 0.408 e. The van der Waals surface area contributed by atoms with Crippen LogP contribution in [0.2, 0.25) is 0 Å². The lowest BCUT2D eigenvalue weighted by Gasteiger charge is -2.26. The largest absolute Gasteiger partial charge is 0.467 e. The minimum absolute atomic E-state index is 0.100. The fourth-order valence-corrected chi connectivity index (χ4v) is 4.34. The molecule has 0 saturated heterocycles. The van der Waals surface area contributed by atoms with E-state index in [1.807, 2.05) is 60.7 Å². The molecule has 0 radical (unpaired) electrons. The Bertz CT molecular complexity index is 1290. The summed E-state index contributed by atoms with van der Waals surface area (Å²) in [5.41, 5.74) is 0.948. The highest BCUT2D eigenvalue weighted by atomic mass is 16.7. The number of rotatable bonds is 18. The van der Waals surface area contributed by atoms with Gasteiger partial charge in [0.15, 0.2) is 0 Å². The molecule has 0 spiro atoms. The van der Waals surface area contributed by atoms with Crippen LogP contribution in [0, 0.1) is 0 Å². The second kappa shape index (κ2) is 19.9. The fraction of sp³-hybridized carbons (Fsp3) is 0.500. The summed E-state index contributed by atoms with van der Waals surface area (Å²) < 4.78 is 10.3. The van der Waals surface area contributed by atoms with Gasteiger partial charge in [0.05, 0.1) is 7.11 Å². The minimum atomic E-state index is -1.11. The Morgan fingerprint density at radius 1 is 0.702 bits per heavy atom. The lowest BCUT2D eigenvalue weighted by Crippen LogP contribution is -2.52. The topological polar surface area (TPSA) is 153 Å². The number of nitrogens with zero attached hydrogens (tertiary/aromatic N) is 2. The van der Waals surface area contributed by atoms with E-state index in [0.717, 1.165) is 11.1 Å². The highest BCUT2D eigenvalue weighted by molar-refractivity contribution is 5.89. The number of carbonyl (C=O) groups excluding carboxylic acids is 5. The van der Waals surface area contributed by atoms with Crippen LogP contribution >= 0.6 is 0 Å². The van der Waals surface area contributed by atoms with Crippen molar-refractivity contribution in [3.8, 4) is 0 Å². The molecule has 2 aromatic rings. The molecular formula is C34H48N4O9. The summed E-state index contributed by atoms with van der Waals surface area (Å²) in [6.45, 7) is 8.49. The second-order valence-corrected chi connectivity index (χ2v) is 11.8. The number of esters is 1. The molecule has 0 aliphatic carbocycles. The number of methoxy groups -OCH3 is 1. The van der Waals surface area contributed by atoms with Crippen molar-refractivity contribution in [2.45, 2.75) is 91.2 Å². The maximum atomic E-state index is 13.5. The zero-order chi connectivity index (χ0) is 34.8. The third-order valence-electron chi connectivity index (χ3n) is 6.68. The van der Waals surface area contributed by atoms with Gasteiger partial charge in [0.25, 0.3) is 0 Å². The summed E-state index contributed by atoms with van der Waals surface area (Å²) in [6.07, 6.45) is -0.0177. The van der Waals surface area contributed by atoms with Crippen molar-refractivity contribution in [3.63, 3.8) is 0 Å². The molecule has 0 saturated carbocycles. The van der Waals surface area contributed by atoms with Gasteiger partial charge in [0.2, 0.25) is 17.7 Å². The highest BCUT2D eigenvalue weighted by Crippen LogP contribution is 2.12. The Morgan fingerprint density at radius 2 is 1.15 bits per heavy atom. The normalized spacial score (nSPS) is 12.3. The van der Waals surface area contributed by atoms with Crippen LogP contribution < -0.4 is 10.6 Å². The summed E-state index contributed by atoms with van der Waals surface area (Å²) in [5.74, 6) is -1.96. The van der Waals surface area contributed by atoms with Crippen molar-refractivity contribution in [1.29, 1.82) is 0 Å². The summed E-state index contributed by atoms with van der Waals surface area (Å²) in [5, 5.41) is 7.65. The van der Waals surface area contributed by atoms with E-state index < -0.39 is 35.7 Å². The van der Waals surface area contributed by atoms with Crippen LogP contribution in [-0.4, -0.2) is 77.8 Å². The fourth-order valence-electron chi connectivity index (χ4n) is 4.34. The summed E-state index contributed by atoms with van der Waals surface area (Å²) >= 11 is 0. The van der Waals surface area contributed by atoms with Gasteiger partial charge in [-0.15, -0.1) is 0 Å². The van der Waals surface area contributed by atoms with Gasteiger partial charge in [-0.3, -0.25) is 24.1 Å². The number of benzene rings is 2. The van der Waals surface area contributed by atoms with Crippen molar-refractivity contribution in [2.75, 3.05) is 20.2 Å². The zero-order valence-corrected chi connectivity index (χ0v) is 28.2. The number of hydrogen-bond acceptors (Lipinski definition) is 9. The Balaban J connectivity index is 2.04. The van der Waals surface area contributed by atoms with Gasteiger partial charge in [0, 0.05) is 26.9 Å². The Kier molecular flexibility index (Phi) is 16.4. The molecule has 4 amide bonds. The van der Waals surface area contributed by atoms with Crippen molar-refractivity contribution >= 4 is 29.8 Å². The van der Waals surface area contributed by atoms with Gasteiger partial charge in [-0.25, -0.2) is 19.7 Å². The first-order chi connectivity index (χ1) is 22.3. The number of ether oxygens (including phenoxy) is 2. The van der Waals surface area contributed by atoms with Crippen molar-refractivity contribution < 1.29 is 43.1 Å². The van der Waals surface area contributed by atoms with Gasteiger partial charge in [0.1, 0.15) is 30.9 Å². The number of nitrogens with one attached hydrogen (secondary N) is 2. The highest BCUT2D eigenvalue weighted by Gasteiger charge is 2.29. The second-order valence-electron chi connectivity index (χ2n) is 11.8. The molecule has 2 N–H and O–H groups in total. The zero-order valence-electron chi connectivity index (χ0n) is 28.2. The number of hydrogen-bond donors (Lipinski definition) is 2. The molecule has 0 aliphatic heterocycles. The molecule has 2 atom stereocenters. The van der Waals surface area contributed by atoms with Crippen LogP contribution in [0.15, 0.2) is 60.7 Å². The van der Waals surface area contributed by atoms with Gasteiger partial charge >= 0.3 is 12.1 Å². The monoisotopic (exact) mass is 656 g/mol. The average molecular weight is 657 g/mol. The van der Waals surface area contributed by atoms with Crippen LogP contribution in [0.3, 0.4) is 0 Å². The quantitative estimate of drug-likeness (QED) is 0.179. The van der Waals surface area contributed by atoms with E-state index in [2.05, 4.69) is 10.6 Å². The molecular weight excluding hydrogens is 608 g/mol. The molecule has 0 unspecified atom stereocenters. The van der Waals surface area contributed by atoms with Crippen LogP contribution in [0.4, 0.5) is 4.79 Å². The third-order valence-corrected chi connectivity index (χ3v) is 6.68. The average Bonchev–Trinajstić information content (AvgIpc) is 3.02. The standard InChI is InChI=1S/C34H48N4O9/c1-25(39)37(45-23-27-15-9-7-10-16-27)21-13-19-29(36-33(43)47-34(3,4)5)31(41)35-30(32(42)44-6)20-14-22-38(26(2)40)46-24-28-17-11-8-12-18-28/h7-12,15-18,29-30H,13-14,19-24H2,1-6H3,(H,35,41)(H,36,43)/t29-,30-/m0/s1. The Morgan fingerprint density at radius 3 is 1.55 bits per heavy atom. The van der Waals surface area contributed by atoms with E-state index in [-0.39, 0.29) is 57.4 Å². The van der Waals surface area contributed by atoms with Gasteiger partial charge in [-0.2, -0.15) is 0 Å². The summed E-state index contributed by atoms with van der Waals surface area (Å²) in [6, 6.07) is 16.5. The van der Waals surface area contributed by atoms with Crippen molar-refractivity contribution in [2.24, 2.45) is 0 Å². The summed E-state index contributed by atoms with van der Waals surface area (Å²) in [4.78, 5) is 74.5. The van der Waals surface area contributed by atoms with E-state index in [9.17, 15) is 24.0 Å². The summed E-state index contributed by atoms with van der Waals surface area (Å²) in [7, 11) is 1.20. The molecule has 0 bridgehead atoms. The van der Waals surface area contributed by atoms with Gasteiger partial charge in [-0.05, 0) is 57.6 Å². The molecule has 2 rings (SSSR count). The maximum absolute atomic E-state index is 13.5. The number of hydroxylamine groups is 4. The van der Waals surface area contributed by atoms with Crippen LogP contribution in [0.1, 0.15) is 71.4 Å². The van der Waals surface area contributed by atoms with Gasteiger partial charge < -0.3 is 20.1 Å². The van der Waals surface area contributed by atoms with Gasteiger partial charge in [-0.1, -0.05) is 60.7 Å². The molecule has 47 heavy (non-hydrogen) atoms. The van der Waals surface area contributed by atoms with Crippen molar-refractivity contribution in [1.82, 2.24) is 20.8 Å². The van der Waals surface area contributed by atoms with E-state index in [1.165, 1.54) is 31.1 Å². The Hall–Kier alpha value is -4.49. The third kappa shape index (κ3) is 15.6. The minimum Gasteiger partial charge on any atom is -0.467 e. The predicted molar refractivity (Wildman–Crippen MR) is 173 cm³/mol. The first-order valence-electron chi connectivity index (χ1n) is 15.6. The van der Waals surface area contributed by atoms with Crippen LogP contribution in [0.5, 0.6) is 0 Å². The van der Waals surface area contributed by atoms with Crippen LogP contribution in [-0.2, 0) is 51.5 Å². The SMILES string of the molecule is COC(=O)[C@H](CCCN(OCc1ccccc1)C(C)=O)NC(=O)[C@H](CCCN(OCc1ccccc1)C(C)=O)NC(=O)OC(C)(C)C. The predicted octanol–water partition coefficient (Wildman–Crippen LogP) is 4.06. The molecule has 13 heteroatoms. The van der Waals surface area contributed by atoms with E-state index in [0.29, 0.717) is 6.42 Å². The van der Waals surface area contributed by atoms with Crippen molar-refractivity contribution in [3.05, 3.63) is 71.8 Å². The number of carbonyl (C=O) groups is 5. The Labute approximate surface area is 276 Å². The molecule has 2 aromatic carbocycles. The molecule has 0 heterocycles. The molecule has 258 valence electrons. The first-order valence-corrected chi connectivity index (χ1v) is 15.6. The van der Waals surface area contributed by atoms with E-state index in [1.54, 1.807) is 20.8 Å². The number of amides is 4. The molecule has 0 aromatic heterocycles. The lowest BCUT2D eigenvalue weighted by atomic mass is 10.1. The molecule has 0 fully saturated rings. The van der Waals surface area contributed by atoms with E-state index in [4.69, 9.17) is 19.1 Å². The first kappa shape index (κ1) is 38.7. The number of alkyl carbamates (subject to hydrolysis) is 1. The molecule has 0 aliphatic rings.